The first-order valence-corrected chi connectivity index (χ1v) is 14.0. The molecule has 3 nitrogen and oxygen atoms in total. The van der Waals surface area contributed by atoms with Crippen LogP contribution in [-0.2, 0) is 4.79 Å². The SMILES string of the molecule is C[C@H]1CC[C@@H]2C3CC[C@@]4(C)C(CCC[C@@H]4C(=O)COc4ccc5ccccc5n4)[C@@H]3CC[C@@H]2C1. The molecule has 6 rings (SSSR count). The van der Waals surface area contributed by atoms with Crippen molar-refractivity contribution in [2.45, 2.75) is 78.1 Å². The number of hydrogen-bond acceptors (Lipinski definition) is 3. The van der Waals surface area contributed by atoms with E-state index in [4.69, 9.17) is 4.74 Å². The normalized spacial score (nSPS) is 39.5. The summed E-state index contributed by atoms with van der Waals surface area (Å²) < 4.78 is 5.98. The van der Waals surface area contributed by atoms with Crippen LogP contribution in [0.4, 0.5) is 0 Å². The minimum atomic E-state index is 0.150. The molecule has 1 aromatic heterocycles. The van der Waals surface area contributed by atoms with E-state index in [1.165, 1.54) is 57.8 Å². The Morgan fingerprint density at radius 1 is 0.971 bits per heavy atom. The molecular weight excluding hydrogens is 418 g/mol. The first kappa shape index (κ1) is 22.6. The van der Waals surface area contributed by atoms with Gasteiger partial charge in [0.2, 0.25) is 5.88 Å². The van der Waals surface area contributed by atoms with E-state index in [9.17, 15) is 4.79 Å². The third-order valence-corrected chi connectivity index (χ3v) is 10.8. The Bertz CT molecular complexity index is 1050. The minimum Gasteiger partial charge on any atom is -0.470 e. The third-order valence-electron chi connectivity index (χ3n) is 10.8. The lowest BCUT2D eigenvalue weighted by Crippen LogP contribution is -2.54. The Kier molecular flexibility index (Phi) is 5.94. The zero-order valence-corrected chi connectivity index (χ0v) is 21.0. The Balaban J connectivity index is 1.15. The number of benzene rings is 1. The number of rotatable bonds is 4. The molecule has 0 bridgehead atoms. The standard InChI is InChI=1S/C31H41NO2/c1-20-10-13-23-22(18-20)11-14-25-24(23)16-17-31(2)26(25)7-5-8-27(31)29(33)19-34-30-15-12-21-6-3-4-9-28(21)32-30/h3-4,6,9,12,15,20,22-27H,5,7-8,10-11,13-14,16-19H2,1-2H3/t20-,22+,23-,24?,25+,26?,27+,31-/m0/s1. The molecule has 1 heterocycles. The van der Waals surface area contributed by atoms with Crippen LogP contribution in [0.1, 0.15) is 78.1 Å². The van der Waals surface area contributed by atoms with Gasteiger partial charge in [0.1, 0.15) is 6.61 Å². The first-order chi connectivity index (χ1) is 16.5. The average molecular weight is 460 g/mol. The number of para-hydroxylation sites is 1. The molecule has 0 saturated heterocycles. The molecule has 2 unspecified atom stereocenters. The number of hydrogen-bond donors (Lipinski definition) is 0. The van der Waals surface area contributed by atoms with Crippen LogP contribution in [0.2, 0.25) is 0 Å². The molecule has 0 amide bonds. The van der Waals surface area contributed by atoms with E-state index in [0.29, 0.717) is 11.7 Å². The van der Waals surface area contributed by atoms with Crippen LogP contribution in [0, 0.1) is 46.8 Å². The summed E-state index contributed by atoms with van der Waals surface area (Å²) in [6.07, 6.45) is 13.4. The summed E-state index contributed by atoms with van der Waals surface area (Å²) in [6, 6.07) is 12.0. The molecule has 8 atom stereocenters. The summed E-state index contributed by atoms with van der Waals surface area (Å²) in [5.41, 5.74) is 1.08. The quantitative estimate of drug-likeness (QED) is 0.476. The number of aromatic nitrogens is 1. The fourth-order valence-electron chi connectivity index (χ4n) is 9.19. The molecule has 4 aliphatic carbocycles. The molecule has 182 valence electrons. The Labute approximate surface area is 205 Å². The number of nitrogens with zero attached hydrogens (tertiary/aromatic N) is 1. The number of carbonyl (C=O) groups excluding carboxylic acids is 1. The Hall–Kier alpha value is -1.90. The summed E-state index contributed by atoms with van der Waals surface area (Å²) in [5.74, 6) is 6.42. The Morgan fingerprint density at radius 2 is 1.82 bits per heavy atom. The van der Waals surface area contributed by atoms with E-state index >= 15 is 0 Å². The molecule has 0 spiro atoms. The van der Waals surface area contributed by atoms with Gasteiger partial charge < -0.3 is 4.74 Å². The second-order valence-electron chi connectivity index (χ2n) is 12.5. The van der Waals surface area contributed by atoms with E-state index < -0.39 is 0 Å². The number of pyridine rings is 1. The molecule has 0 N–H and O–H groups in total. The highest BCUT2D eigenvalue weighted by Gasteiger charge is 2.56. The zero-order chi connectivity index (χ0) is 23.3. The van der Waals surface area contributed by atoms with Crippen LogP contribution in [0.15, 0.2) is 36.4 Å². The Morgan fingerprint density at radius 3 is 2.74 bits per heavy atom. The lowest BCUT2D eigenvalue weighted by molar-refractivity contribution is -0.146. The molecule has 2 aromatic rings. The van der Waals surface area contributed by atoms with E-state index in [1.807, 2.05) is 30.3 Å². The van der Waals surface area contributed by atoms with Gasteiger partial charge in [-0.1, -0.05) is 44.9 Å². The van der Waals surface area contributed by atoms with Crippen LogP contribution in [0.3, 0.4) is 0 Å². The van der Waals surface area contributed by atoms with Gasteiger partial charge >= 0.3 is 0 Å². The largest absolute Gasteiger partial charge is 0.470 e. The summed E-state index contributed by atoms with van der Waals surface area (Å²) in [6.45, 7) is 5.10. The van der Waals surface area contributed by atoms with Crippen molar-refractivity contribution in [3.05, 3.63) is 36.4 Å². The van der Waals surface area contributed by atoms with Crippen molar-refractivity contribution in [2.75, 3.05) is 6.61 Å². The first-order valence-electron chi connectivity index (χ1n) is 14.0. The molecule has 4 fully saturated rings. The van der Waals surface area contributed by atoms with Crippen LogP contribution < -0.4 is 4.74 Å². The highest BCUT2D eigenvalue weighted by molar-refractivity contribution is 5.83. The van der Waals surface area contributed by atoms with Crippen LogP contribution >= 0.6 is 0 Å². The molecule has 0 aliphatic heterocycles. The van der Waals surface area contributed by atoms with Gasteiger partial charge in [0.25, 0.3) is 0 Å². The van der Waals surface area contributed by atoms with Crippen molar-refractivity contribution in [1.82, 2.24) is 4.98 Å². The molecule has 4 aliphatic rings. The van der Waals surface area contributed by atoms with Crippen molar-refractivity contribution in [1.29, 1.82) is 0 Å². The van der Waals surface area contributed by atoms with Crippen molar-refractivity contribution in [2.24, 2.45) is 46.8 Å². The highest BCUT2D eigenvalue weighted by atomic mass is 16.5. The van der Waals surface area contributed by atoms with Gasteiger partial charge in [-0.05, 0) is 104 Å². The van der Waals surface area contributed by atoms with Crippen molar-refractivity contribution >= 4 is 16.7 Å². The van der Waals surface area contributed by atoms with Gasteiger partial charge in [-0.2, -0.15) is 0 Å². The molecule has 1 aromatic carbocycles. The van der Waals surface area contributed by atoms with E-state index in [2.05, 4.69) is 24.9 Å². The lowest BCUT2D eigenvalue weighted by atomic mass is 9.44. The fourth-order valence-corrected chi connectivity index (χ4v) is 9.19. The van der Waals surface area contributed by atoms with Crippen LogP contribution in [0.5, 0.6) is 5.88 Å². The zero-order valence-electron chi connectivity index (χ0n) is 21.0. The topological polar surface area (TPSA) is 39.2 Å². The van der Waals surface area contributed by atoms with Gasteiger partial charge in [0, 0.05) is 17.4 Å². The fraction of sp³-hybridized carbons (Fsp3) is 0.677. The smallest absolute Gasteiger partial charge is 0.214 e. The lowest BCUT2D eigenvalue weighted by Gasteiger charge is -2.60. The van der Waals surface area contributed by atoms with Gasteiger partial charge in [-0.25, -0.2) is 4.98 Å². The second-order valence-corrected chi connectivity index (χ2v) is 12.5. The van der Waals surface area contributed by atoms with Gasteiger partial charge in [0.15, 0.2) is 5.78 Å². The average Bonchev–Trinajstić information content (AvgIpc) is 2.86. The second kappa shape index (κ2) is 8.95. The minimum absolute atomic E-state index is 0.150. The highest BCUT2D eigenvalue weighted by Crippen LogP contribution is 2.63. The summed E-state index contributed by atoms with van der Waals surface area (Å²) in [5, 5.41) is 1.10. The molecular formula is C31H41NO2. The molecule has 4 saturated carbocycles. The van der Waals surface area contributed by atoms with Gasteiger partial charge in [-0.15, -0.1) is 0 Å². The summed E-state index contributed by atoms with van der Waals surface area (Å²) in [7, 11) is 0. The monoisotopic (exact) mass is 459 g/mol. The summed E-state index contributed by atoms with van der Waals surface area (Å²) in [4.78, 5) is 18.2. The maximum Gasteiger partial charge on any atom is 0.214 e. The van der Waals surface area contributed by atoms with E-state index in [0.717, 1.165) is 52.8 Å². The van der Waals surface area contributed by atoms with Crippen LogP contribution in [-0.4, -0.2) is 17.4 Å². The van der Waals surface area contributed by atoms with Crippen molar-refractivity contribution < 1.29 is 9.53 Å². The maximum absolute atomic E-state index is 13.6. The van der Waals surface area contributed by atoms with Gasteiger partial charge in [0.05, 0.1) is 5.52 Å². The maximum atomic E-state index is 13.6. The number of Topliss-reactive ketones (excluding diaryl/α,β-unsaturated/α-hetero) is 1. The summed E-state index contributed by atoms with van der Waals surface area (Å²) >= 11 is 0. The number of ketones is 1. The predicted molar refractivity (Wildman–Crippen MR) is 137 cm³/mol. The predicted octanol–water partition coefficient (Wildman–Crippen LogP) is 7.48. The van der Waals surface area contributed by atoms with Gasteiger partial charge in [-0.3, -0.25) is 4.79 Å². The molecule has 3 heteroatoms. The number of carbonyl (C=O) groups is 1. The number of fused-ring (bicyclic) bond motifs is 6. The third kappa shape index (κ3) is 3.88. The molecule has 34 heavy (non-hydrogen) atoms. The van der Waals surface area contributed by atoms with E-state index in [1.54, 1.807) is 0 Å². The van der Waals surface area contributed by atoms with Crippen molar-refractivity contribution in [3.8, 4) is 5.88 Å². The van der Waals surface area contributed by atoms with E-state index in [-0.39, 0.29) is 17.9 Å². The number of ether oxygens (including phenoxy) is 1. The van der Waals surface area contributed by atoms with Crippen molar-refractivity contribution in [3.63, 3.8) is 0 Å². The molecule has 0 radical (unpaired) electrons. The van der Waals surface area contributed by atoms with Crippen LogP contribution in [0.25, 0.3) is 10.9 Å².